The Morgan fingerprint density at radius 2 is 1.97 bits per heavy atom. The van der Waals surface area contributed by atoms with Crippen molar-refractivity contribution in [2.24, 2.45) is 0 Å². The van der Waals surface area contributed by atoms with Crippen molar-refractivity contribution in [3.8, 4) is 22.0 Å². The predicted octanol–water partition coefficient (Wildman–Crippen LogP) is 8.14. The minimum absolute atomic E-state index is 0.225. The number of nitrogens with zero attached hydrogens (tertiary/aromatic N) is 3. The van der Waals surface area contributed by atoms with Gasteiger partial charge in [0.25, 0.3) is 0 Å². The van der Waals surface area contributed by atoms with Crippen molar-refractivity contribution in [2.45, 2.75) is 33.1 Å². The van der Waals surface area contributed by atoms with Gasteiger partial charge in [-0.05, 0) is 67.8 Å². The third kappa shape index (κ3) is 5.08. The molecule has 1 aromatic carbocycles. The Morgan fingerprint density at radius 1 is 1.11 bits per heavy atom. The van der Waals surface area contributed by atoms with Gasteiger partial charge in [0.15, 0.2) is 16.6 Å². The first-order valence-electron chi connectivity index (χ1n) is 12.6. The Bertz CT molecular complexity index is 1700. The molecular weight excluding hydrogens is 495 g/mol. The summed E-state index contributed by atoms with van der Waals surface area (Å²) < 4.78 is 13.7. The first-order chi connectivity index (χ1) is 18.5. The molecule has 0 unspecified atom stereocenters. The predicted molar refractivity (Wildman–Crippen MR) is 156 cm³/mol. The molecule has 0 bridgehead atoms. The van der Waals surface area contributed by atoms with Gasteiger partial charge in [-0.3, -0.25) is 5.10 Å². The highest BCUT2D eigenvalue weighted by molar-refractivity contribution is 7.14. The molecule has 8 heteroatoms. The zero-order chi connectivity index (χ0) is 26.6. The molecule has 5 rings (SSSR count). The summed E-state index contributed by atoms with van der Waals surface area (Å²) in [6.07, 6.45) is 8.93. The third-order valence-corrected chi connectivity index (χ3v) is 7.18. The lowest BCUT2D eigenvalue weighted by Gasteiger charge is -2.11. The Balaban J connectivity index is 1.51. The monoisotopic (exact) mass is 524 g/mol. The Hall–Kier alpha value is -4.30. The van der Waals surface area contributed by atoms with E-state index in [9.17, 15) is 4.39 Å². The SMILES string of the molecule is C=C/C(=C\C(=C/C)c1ccc2[nH]nc(-c3nc4c(-c5ccc(F)s5)cccc4[nH]3)c2n1)NC(=C)CCCC. The van der Waals surface area contributed by atoms with Gasteiger partial charge in [0.05, 0.1) is 22.2 Å². The van der Waals surface area contributed by atoms with Gasteiger partial charge >= 0.3 is 0 Å². The molecule has 3 N–H and O–H groups in total. The minimum Gasteiger partial charge on any atom is -0.359 e. The fourth-order valence-electron chi connectivity index (χ4n) is 4.30. The van der Waals surface area contributed by atoms with Gasteiger partial charge in [-0.2, -0.15) is 9.49 Å². The highest BCUT2D eigenvalue weighted by atomic mass is 32.1. The number of hydrogen-bond acceptors (Lipinski definition) is 5. The second kappa shape index (κ2) is 11.0. The highest BCUT2D eigenvalue weighted by Crippen LogP contribution is 2.34. The van der Waals surface area contributed by atoms with E-state index in [4.69, 9.17) is 9.97 Å². The number of aromatic nitrogens is 5. The van der Waals surface area contributed by atoms with Crippen molar-refractivity contribution in [3.05, 3.63) is 96.1 Å². The van der Waals surface area contributed by atoms with Crippen LogP contribution in [-0.2, 0) is 0 Å². The lowest BCUT2D eigenvalue weighted by Crippen LogP contribution is -2.10. The summed E-state index contributed by atoms with van der Waals surface area (Å²) in [5.41, 5.74) is 8.18. The standard InChI is InChI=1S/C30H29FN6S/c1-5-8-10-18(4)32-20(7-3)17-19(6-2)22-13-14-24-28(33-22)29(37-36-24)30-34-23-12-9-11-21(27(23)35-30)25-15-16-26(31)38-25/h6-7,9,11-17,32H,3-5,8,10H2,1-2H3,(H,34,35)(H,36,37)/b19-6+,20-17+. The molecule has 0 spiro atoms. The molecular formula is C30H29FN6S. The number of nitrogens with one attached hydrogen (secondary N) is 3. The van der Waals surface area contributed by atoms with Crippen LogP contribution in [0.5, 0.6) is 0 Å². The van der Waals surface area contributed by atoms with Gasteiger partial charge in [0.2, 0.25) is 0 Å². The maximum Gasteiger partial charge on any atom is 0.176 e. The molecule has 192 valence electrons. The molecule has 0 aliphatic carbocycles. The lowest BCUT2D eigenvalue weighted by atomic mass is 10.1. The normalized spacial score (nSPS) is 12.4. The average Bonchev–Trinajstić information content (AvgIpc) is 3.66. The molecule has 6 nitrogen and oxygen atoms in total. The largest absolute Gasteiger partial charge is 0.359 e. The molecule has 4 heterocycles. The number of H-pyrrole nitrogens is 2. The number of rotatable bonds is 10. The summed E-state index contributed by atoms with van der Waals surface area (Å²) in [7, 11) is 0. The van der Waals surface area contributed by atoms with E-state index in [1.54, 1.807) is 12.1 Å². The van der Waals surface area contributed by atoms with Gasteiger partial charge < -0.3 is 10.3 Å². The quantitative estimate of drug-likeness (QED) is 0.161. The van der Waals surface area contributed by atoms with Crippen molar-refractivity contribution >= 4 is 39.0 Å². The van der Waals surface area contributed by atoms with Crippen molar-refractivity contribution in [3.63, 3.8) is 0 Å². The number of pyridine rings is 1. The molecule has 0 aliphatic rings. The molecule has 0 aliphatic heterocycles. The number of unbranched alkanes of at least 4 members (excludes halogenated alkanes) is 1. The van der Waals surface area contributed by atoms with E-state index in [2.05, 4.69) is 40.6 Å². The van der Waals surface area contributed by atoms with Crippen molar-refractivity contribution in [2.75, 3.05) is 0 Å². The number of allylic oxidation sites excluding steroid dienone is 5. The van der Waals surface area contributed by atoms with E-state index >= 15 is 0 Å². The number of halogens is 1. The average molecular weight is 525 g/mol. The molecule has 0 saturated heterocycles. The van der Waals surface area contributed by atoms with E-state index in [-0.39, 0.29) is 5.13 Å². The molecule has 0 fully saturated rings. The Kier molecular flexibility index (Phi) is 7.33. The van der Waals surface area contributed by atoms with Crippen LogP contribution in [0.2, 0.25) is 0 Å². The number of imidazole rings is 1. The molecule has 38 heavy (non-hydrogen) atoms. The summed E-state index contributed by atoms with van der Waals surface area (Å²) in [6.45, 7) is 12.2. The van der Waals surface area contributed by atoms with Crippen molar-refractivity contribution < 1.29 is 4.39 Å². The second-order valence-electron chi connectivity index (χ2n) is 8.94. The lowest BCUT2D eigenvalue weighted by molar-refractivity contribution is 0.657. The smallest absolute Gasteiger partial charge is 0.176 e. The van der Waals surface area contributed by atoms with Crippen LogP contribution in [0.15, 0.2) is 85.2 Å². The molecule has 0 amide bonds. The number of fused-ring (bicyclic) bond motifs is 2. The number of aromatic amines is 2. The van der Waals surface area contributed by atoms with E-state index in [1.165, 1.54) is 6.07 Å². The number of para-hydroxylation sites is 1. The summed E-state index contributed by atoms with van der Waals surface area (Å²) in [5, 5.41) is 10.7. The molecule has 5 aromatic rings. The second-order valence-corrected chi connectivity index (χ2v) is 9.97. The number of benzene rings is 1. The molecule has 4 aromatic heterocycles. The minimum atomic E-state index is -0.225. The van der Waals surface area contributed by atoms with Gasteiger partial charge in [-0.25, -0.2) is 9.97 Å². The molecule has 0 atom stereocenters. The van der Waals surface area contributed by atoms with Gasteiger partial charge in [-0.1, -0.05) is 44.7 Å². The van der Waals surface area contributed by atoms with Crippen LogP contribution in [0.4, 0.5) is 4.39 Å². The van der Waals surface area contributed by atoms with Crippen LogP contribution >= 0.6 is 11.3 Å². The first-order valence-corrected chi connectivity index (χ1v) is 13.4. The van der Waals surface area contributed by atoms with Gasteiger partial charge in [-0.15, -0.1) is 11.3 Å². The topological polar surface area (TPSA) is 82.3 Å². The van der Waals surface area contributed by atoms with Crippen molar-refractivity contribution in [1.82, 2.24) is 30.5 Å². The number of hydrogen-bond donors (Lipinski definition) is 3. The van der Waals surface area contributed by atoms with Crippen LogP contribution in [-0.4, -0.2) is 25.1 Å². The van der Waals surface area contributed by atoms with E-state index in [0.29, 0.717) is 17.0 Å². The highest BCUT2D eigenvalue weighted by Gasteiger charge is 2.17. The fraction of sp³-hybridized carbons (Fsp3) is 0.167. The number of thiophene rings is 1. The first kappa shape index (κ1) is 25.4. The third-order valence-electron chi connectivity index (χ3n) is 6.27. The Labute approximate surface area is 224 Å². The van der Waals surface area contributed by atoms with E-state index < -0.39 is 0 Å². The van der Waals surface area contributed by atoms with E-state index in [0.717, 1.165) is 80.3 Å². The summed E-state index contributed by atoms with van der Waals surface area (Å²) in [6, 6.07) is 13.0. The van der Waals surface area contributed by atoms with E-state index in [1.807, 2.05) is 49.4 Å². The summed E-state index contributed by atoms with van der Waals surface area (Å²) in [5.74, 6) is 0.596. The van der Waals surface area contributed by atoms with Gasteiger partial charge in [0, 0.05) is 21.8 Å². The zero-order valence-corrected chi connectivity index (χ0v) is 22.3. The maximum absolute atomic E-state index is 13.7. The van der Waals surface area contributed by atoms with Crippen LogP contribution < -0.4 is 5.32 Å². The van der Waals surface area contributed by atoms with Crippen LogP contribution in [0.1, 0.15) is 38.8 Å². The Morgan fingerprint density at radius 3 is 2.71 bits per heavy atom. The van der Waals surface area contributed by atoms with Crippen LogP contribution in [0, 0.1) is 5.13 Å². The van der Waals surface area contributed by atoms with Crippen LogP contribution in [0.25, 0.3) is 49.6 Å². The fourth-order valence-corrected chi connectivity index (χ4v) is 5.06. The van der Waals surface area contributed by atoms with Gasteiger partial charge in [0.1, 0.15) is 5.52 Å². The maximum atomic E-state index is 13.7. The molecule has 0 saturated carbocycles. The summed E-state index contributed by atoms with van der Waals surface area (Å²) in [4.78, 5) is 14.0. The van der Waals surface area contributed by atoms with Crippen LogP contribution in [0.3, 0.4) is 0 Å². The molecule has 0 radical (unpaired) electrons. The van der Waals surface area contributed by atoms with Crippen molar-refractivity contribution in [1.29, 1.82) is 0 Å². The summed E-state index contributed by atoms with van der Waals surface area (Å²) >= 11 is 1.10. The zero-order valence-electron chi connectivity index (χ0n) is 21.4.